The molecule has 0 aliphatic carbocycles. The van der Waals surface area contributed by atoms with Gasteiger partial charge in [-0.15, -0.1) is 0 Å². The molecule has 0 spiro atoms. The standard InChI is InChI=1S/C18H13NO7S/c1-23-17(21)13-5-3-11(26-13)8-19-16(20)15(27-18(19)22)7-10-2-4-12-14(6-10)25-9-24-12/h2-7H,8-9H2,1H3/b15-7+. The summed E-state index contributed by atoms with van der Waals surface area (Å²) in [6.07, 6.45) is 1.62. The van der Waals surface area contributed by atoms with Gasteiger partial charge in [0.15, 0.2) is 11.5 Å². The topological polar surface area (TPSA) is 95.3 Å². The van der Waals surface area contributed by atoms with Crippen molar-refractivity contribution in [3.05, 3.63) is 52.3 Å². The number of esters is 1. The molecular formula is C18H13NO7S. The van der Waals surface area contributed by atoms with Crippen LogP contribution in [0.3, 0.4) is 0 Å². The third kappa shape index (κ3) is 3.28. The molecule has 1 aromatic heterocycles. The predicted molar refractivity (Wildman–Crippen MR) is 94.1 cm³/mol. The summed E-state index contributed by atoms with van der Waals surface area (Å²) >= 11 is 0.840. The van der Waals surface area contributed by atoms with E-state index in [1.807, 2.05) is 0 Å². The highest BCUT2D eigenvalue weighted by atomic mass is 32.2. The lowest BCUT2D eigenvalue weighted by Crippen LogP contribution is -2.27. The summed E-state index contributed by atoms with van der Waals surface area (Å²) in [6, 6.07) is 8.22. The Balaban J connectivity index is 1.51. The van der Waals surface area contributed by atoms with Gasteiger partial charge in [-0.25, -0.2) is 4.79 Å². The number of nitrogens with zero attached hydrogens (tertiary/aromatic N) is 1. The fourth-order valence-electron chi connectivity index (χ4n) is 2.62. The van der Waals surface area contributed by atoms with E-state index in [0.29, 0.717) is 22.2 Å². The van der Waals surface area contributed by atoms with Gasteiger partial charge >= 0.3 is 5.97 Å². The summed E-state index contributed by atoms with van der Waals surface area (Å²) in [5, 5.41) is -0.414. The molecule has 0 unspecified atom stereocenters. The van der Waals surface area contributed by atoms with E-state index in [1.54, 1.807) is 24.3 Å². The zero-order valence-corrected chi connectivity index (χ0v) is 14.9. The third-order valence-electron chi connectivity index (χ3n) is 3.93. The van der Waals surface area contributed by atoms with Crippen LogP contribution in [0.25, 0.3) is 6.08 Å². The van der Waals surface area contributed by atoms with Crippen LogP contribution in [0.15, 0.2) is 39.7 Å². The van der Waals surface area contributed by atoms with Crippen molar-refractivity contribution in [2.24, 2.45) is 0 Å². The highest BCUT2D eigenvalue weighted by Crippen LogP contribution is 2.36. The quantitative estimate of drug-likeness (QED) is 0.584. The second-order valence-corrected chi connectivity index (χ2v) is 6.63. The summed E-state index contributed by atoms with van der Waals surface area (Å²) in [5.74, 6) is 0.488. The zero-order valence-electron chi connectivity index (χ0n) is 14.1. The Labute approximate surface area is 157 Å². The van der Waals surface area contributed by atoms with Crippen LogP contribution in [0.2, 0.25) is 0 Å². The molecular weight excluding hydrogens is 374 g/mol. The van der Waals surface area contributed by atoms with Gasteiger partial charge in [-0.3, -0.25) is 14.5 Å². The van der Waals surface area contributed by atoms with Gasteiger partial charge in [-0.2, -0.15) is 0 Å². The largest absolute Gasteiger partial charge is 0.463 e. The number of benzene rings is 1. The van der Waals surface area contributed by atoms with Gasteiger partial charge in [0.25, 0.3) is 11.1 Å². The number of carbonyl (C=O) groups is 3. The van der Waals surface area contributed by atoms with Crippen LogP contribution in [-0.4, -0.2) is 35.9 Å². The van der Waals surface area contributed by atoms with Crippen LogP contribution in [0.1, 0.15) is 21.9 Å². The Morgan fingerprint density at radius 2 is 2.04 bits per heavy atom. The van der Waals surface area contributed by atoms with Gasteiger partial charge < -0.3 is 18.6 Å². The summed E-state index contributed by atoms with van der Waals surface area (Å²) in [7, 11) is 1.24. The highest BCUT2D eigenvalue weighted by molar-refractivity contribution is 8.18. The van der Waals surface area contributed by atoms with Gasteiger partial charge in [0.05, 0.1) is 18.6 Å². The number of carbonyl (C=O) groups excluding carboxylic acids is 3. The number of amides is 2. The van der Waals surface area contributed by atoms with Crippen molar-refractivity contribution in [3.8, 4) is 11.5 Å². The Morgan fingerprint density at radius 3 is 2.85 bits per heavy atom. The fraction of sp³-hybridized carbons (Fsp3) is 0.167. The van der Waals surface area contributed by atoms with Gasteiger partial charge in [-0.05, 0) is 47.7 Å². The molecule has 0 radical (unpaired) electrons. The van der Waals surface area contributed by atoms with E-state index in [0.717, 1.165) is 22.2 Å². The van der Waals surface area contributed by atoms with Gasteiger partial charge in [-0.1, -0.05) is 6.07 Å². The minimum absolute atomic E-state index is 0.00960. The number of methoxy groups -OCH3 is 1. The molecule has 2 amide bonds. The minimum atomic E-state index is -0.627. The maximum absolute atomic E-state index is 12.6. The van der Waals surface area contributed by atoms with Crippen molar-refractivity contribution in [3.63, 3.8) is 0 Å². The predicted octanol–water partition coefficient (Wildman–Crippen LogP) is 3.03. The Morgan fingerprint density at radius 1 is 1.22 bits per heavy atom. The normalized spacial score (nSPS) is 17.1. The lowest BCUT2D eigenvalue weighted by atomic mass is 10.2. The number of thioether (sulfide) groups is 1. The molecule has 2 aromatic rings. The maximum Gasteiger partial charge on any atom is 0.373 e. The summed E-state index contributed by atoms with van der Waals surface area (Å²) in [4.78, 5) is 37.6. The van der Waals surface area contributed by atoms with Gasteiger partial charge in [0.2, 0.25) is 12.6 Å². The first-order chi connectivity index (χ1) is 13.0. The van der Waals surface area contributed by atoms with Crippen LogP contribution in [0.5, 0.6) is 11.5 Å². The first-order valence-corrected chi connectivity index (χ1v) is 8.69. The molecule has 0 bridgehead atoms. The third-order valence-corrected chi connectivity index (χ3v) is 4.84. The number of hydrogen-bond acceptors (Lipinski definition) is 8. The van der Waals surface area contributed by atoms with Crippen molar-refractivity contribution in [2.45, 2.75) is 6.54 Å². The van der Waals surface area contributed by atoms with Crippen LogP contribution in [0.4, 0.5) is 4.79 Å². The van der Waals surface area contributed by atoms with Crippen molar-refractivity contribution in [1.82, 2.24) is 4.90 Å². The number of imide groups is 1. The monoisotopic (exact) mass is 387 g/mol. The SMILES string of the molecule is COC(=O)c1ccc(CN2C(=O)S/C(=C/c3ccc4c(c3)OCO4)C2=O)o1. The summed E-state index contributed by atoms with van der Waals surface area (Å²) < 4.78 is 20.4. The maximum atomic E-state index is 12.6. The highest BCUT2D eigenvalue weighted by Gasteiger charge is 2.35. The van der Waals surface area contributed by atoms with E-state index in [-0.39, 0.29) is 19.1 Å². The van der Waals surface area contributed by atoms with Crippen molar-refractivity contribution < 1.29 is 33.0 Å². The van der Waals surface area contributed by atoms with Crippen LogP contribution >= 0.6 is 11.8 Å². The number of ether oxygens (including phenoxy) is 3. The molecule has 138 valence electrons. The Hall–Kier alpha value is -3.20. The number of fused-ring (bicyclic) bond motifs is 1. The zero-order chi connectivity index (χ0) is 19.0. The minimum Gasteiger partial charge on any atom is -0.463 e. The van der Waals surface area contributed by atoms with Crippen molar-refractivity contribution >= 4 is 35.0 Å². The molecule has 2 aliphatic rings. The van der Waals surface area contributed by atoms with Crippen molar-refractivity contribution in [1.29, 1.82) is 0 Å². The molecule has 1 saturated heterocycles. The molecule has 27 heavy (non-hydrogen) atoms. The average Bonchev–Trinajstić information content (AvgIpc) is 3.37. The first kappa shape index (κ1) is 17.2. The fourth-order valence-corrected chi connectivity index (χ4v) is 3.46. The van der Waals surface area contributed by atoms with E-state index < -0.39 is 17.1 Å². The van der Waals surface area contributed by atoms with Crippen LogP contribution in [-0.2, 0) is 16.1 Å². The summed E-state index contributed by atoms with van der Waals surface area (Å²) in [6.45, 7) is 0.0894. The lowest BCUT2D eigenvalue weighted by molar-refractivity contribution is -0.123. The number of hydrogen-bond donors (Lipinski definition) is 0. The molecule has 3 heterocycles. The van der Waals surface area contributed by atoms with E-state index in [1.165, 1.54) is 19.2 Å². The van der Waals surface area contributed by atoms with Gasteiger partial charge in [0, 0.05) is 0 Å². The second-order valence-electron chi connectivity index (χ2n) is 5.64. The smallest absolute Gasteiger partial charge is 0.373 e. The van der Waals surface area contributed by atoms with Crippen LogP contribution in [0, 0.1) is 0 Å². The summed E-state index contributed by atoms with van der Waals surface area (Å²) in [5.41, 5.74) is 0.718. The number of furan rings is 1. The van der Waals surface area contributed by atoms with E-state index in [2.05, 4.69) is 4.74 Å². The molecule has 8 nitrogen and oxygen atoms in total. The molecule has 0 N–H and O–H groups in total. The van der Waals surface area contributed by atoms with Gasteiger partial charge in [0.1, 0.15) is 5.76 Å². The van der Waals surface area contributed by atoms with Crippen molar-refractivity contribution in [2.75, 3.05) is 13.9 Å². The second kappa shape index (κ2) is 6.84. The molecule has 1 aromatic carbocycles. The lowest BCUT2D eigenvalue weighted by Gasteiger charge is -2.09. The molecule has 1 fully saturated rings. The average molecular weight is 387 g/mol. The Bertz CT molecular complexity index is 978. The molecule has 9 heteroatoms. The number of rotatable bonds is 4. The molecule has 2 aliphatic heterocycles. The van der Waals surface area contributed by atoms with Crippen LogP contribution < -0.4 is 9.47 Å². The first-order valence-electron chi connectivity index (χ1n) is 7.87. The van der Waals surface area contributed by atoms with E-state index in [9.17, 15) is 14.4 Å². The Kier molecular flexibility index (Phi) is 4.36. The van der Waals surface area contributed by atoms with E-state index >= 15 is 0 Å². The molecule has 4 rings (SSSR count). The molecule has 0 saturated carbocycles. The van der Waals surface area contributed by atoms with E-state index in [4.69, 9.17) is 13.9 Å². The molecule has 0 atom stereocenters.